The number of piperazine rings is 1. The lowest BCUT2D eigenvalue weighted by Crippen LogP contribution is -2.62. The number of anilines is 1. The van der Waals surface area contributed by atoms with Crippen molar-refractivity contribution in [2.45, 2.75) is 71.6 Å². The number of hydrogen-bond donors (Lipinski definition) is 0. The molecule has 2 amide bonds. The quantitative estimate of drug-likeness (QED) is 0.457. The van der Waals surface area contributed by atoms with Gasteiger partial charge in [0.2, 0.25) is 11.8 Å². The normalized spacial score (nSPS) is 20.8. The van der Waals surface area contributed by atoms with Gasteiger partial charge in [-0.1, -0.05) is 37.6 Å². The van der Waals surface area contributed by atoms with Crippen LogP contribution < -0.4 is 9.64 Å². The molecule has 0 saturated carbocycles. The fourth-order valence-electron chi connectivity index (χ4n) is 5.35. The Balaban J connectivity index is 1.54. The van der Waals surface area contributed by atoms with Crippen LogP contribution in [0.3, 0.4) is 0 Å². The first-order valence-corrected chi connectivity index (χ1v) is 14.0. The Morgan fingerprint density at radius 1 is 1.20 bits per heavy atom. The molecular formula is C30H41ClN4O5. The summed E-state index contributed by atoms with van der Waals surface area (Å²) in [5.41, 5.74) is 1.81. The average molecular weight is 573 g/mol. The zero-order valence-electron chi connectivity index (χ0n) is 24.8. The Kier molecular flexibility index (Phi) is 8.68. The molecule has 1 fully saturated rings. The molecule has 1 saturated heterocycles. The number of aromatic nitrogens is 1. The van der Waals surface area contributed by atoms with Crippen molar-refractivity contribution in [1.82, 2.24) is 14.8 Å². The average Bonchev–Trinajstić information content (AvgIpc) is 3.12. The molecule has 0 unspecified atom stereocenters. The number of fused-ring (bicyclic) bond motifs is 1. The first kappa shape index (κ1) is 30.1. The largest absolute Gasteiger partial charge is 0.444 e. The lowest BCUT2D eigenvalue weighted by Gasteiger charge is -2.45. The number of benzene rings is 1. The molecule has 0 bridgehead atoms. The Morgan fingerprint density at radius 3 is 2.58 bits per heavy atom. The van der Waals surface area contributed by atoms with E-state index in [1.165, 1.54) is 0 Å². The fourth-order valence-corrected chi connectivity index (χ4v) is 5.61. The van der Waals surface area contributed by atoms with Gasteiger partial charge in [0.15, 0.2) is 5.75 Å². The van der Waals surface area contributed by atoms with Crippen LogP contribution in [0, 0.1) is 6.92 Å². The van der Waals surface area contributed by atoms with Crippen molar-refractivity contribution < 1.29 is 23.8 Å². The summed E-state index contributed by atoms with van der Waals surface area (Å²) >= 11 is 6.38. The first-order valence-electron chi connectivity index (χ1n) is 13.7. The monoisotopic (exact) mass is 572 g/mol. The molecule has 2 atom stereocenters. The summed E-state index contributed by atoms with van der Waals surface area (Å²) in [6, 6.07) is 7.12. The number of halogens is 1. The Labute approximate surface area is 242 Å². The molecule has 0 aliphatic carbocycles. The van der Waals surface area contributed by atoms with Gasteiger partial charge in [-0.2, -0.15) is 0 Å². The molecule has 0 N–H and O–H groups in total. The van der Waals surface area contributed by atoms with Crippen molar-refractivity contribution in [2.75, 3.05) is 44.8 Å². The summed E-state index contributed by atoms with van der Waals surface area (Å²) in [6.07, 6.45) is 1.44. The van der Waals surface area contributed by atoms with Crippen LogP contribution in [-0.2, 0) is 19.7 Å². The van der Waals surface area contributed by atoms with Crippen molar-refractivity contribution >= 4 is 29.3 Å². The molecule has 1 aromatic carbocycles. The van der Waals surface area contributed by atoms with Crippen LogP contribution in [0.5, 0.6) is 11.6 Å². The highest BCUT2D eigenvalue weighted by molar-refractivity contribution is 6.32. The molecular weight excluding hydrogens is 532 g/mol. The maximum atomic E-state index is 13.9. The molecule has 10 heteroatoms. The van der Waals surface area contributed by atoms with Crippen LogP contribution in [0.15, 0.2) is 30.5 Å². The zero-order chi connectivity index (χ0) is 29.4. The molecule has 1 aromatic heterocycles. The molecule has 0 radical (unpaired) electrons. The second kappa shape index (κ2) is 11.5. The third-order valence-electron chi connectivity index (χ3n) is 7.38. The van der Waals surface area contributed by atoms with Gasteiger partial charge in [-0.25, -0.2) is 9.78 Å². The number of carbonyl (C=O) groups is 2. The minimum atomic E-state index is -0.585. The third kappa shape index (κ3) is 6.53. The molecule has 2 aromatic rings. The standard InChI is InChI=1S/C30H41ClN4O5/c1-19-10-9-11-23(31)27(19)39-25-12-24-22(13-32-25)30(6,7)18-35(24)26(36)16-33-14-20(2)34(15-21(33)17-38-8)28(37)40-29(3,4)5/h9-13,20-21H,14-18H2,1-8H3/t20-,21-/m1/s1. The highest BCUT2D eigenvalue weighted by atomic mass is 35.5. The van der Waals surface area contributed by atoms with Crippen LogP contribution in [-0.4, -0.2) is 84.4 Å². The number of amides is 2. The van der Waals surface area contributed by atoms with E-state index in [2.05, 4.69) is 23.7 Å². The smallest absolute Gasteiger partial charge is 0.410 e. The van der Waals surface area contributed by atoms with Crippen molar-refractivity contribution in [1.29, 1.82) is 0 Å². The Bertz CT molecular complexity index is 1240. The van der Waals surface area contributed by atoms with Crippen LogP contribution in [0.2, 0.25) is 5.02 Å². The minimum absolute atomic E-state index is 0.0306. The van der Waals surface area contributed by atoms with E-state index in [1.807, 2.05) is 57.7 Å². The lowest BCUT2D eigenvalue weighted by molar-refractivity contribution is -0.121. The van der Waals surface area contributed by atoms with E-state index in [9.17, 15) is 9.59 Å². The van der Waals surface area contributed by atoms with Crippen molar-refractivity contribution in [3.8, 4) is 11.6 Å². The van der Waals surface area contributed by atoms with E-state index < -0.39 is 5.60 Å². The van der Waals surface area contributed by atoms with Gasteiger partial charge in [-0.3, -0.25) is 9.69 Å². The van der Waals surface area contributed by atoms with E-state index in [0.717, 1.165) is 16.8 Å². The van der Waals surface area contributed by atoms with Crippen molar-refractivity contribution in [3.63, 3.8) is 0 Å². The summed E-state index contributed by atoms with van der Waals surface area (Å²) in [7, 11) is 1.63. The maximum absolute atomic E-state index is 13.9. The maximum Gasteiger partial charge on any atom is 0.410 e. The second-order valence-electron chi connectivity index (χ2n) is 12.4. The van der Waals surface area contributed by atoms with Gasteiger partial charge in [0, 0.05) is 56.0 Å². The number of rotatable bonds is 6. The molecule has 9 nitrogen and oxygen atoms in total. The number of methoxy groups -OCH3 is 1. The third-order valence-corrected chi connectivity index (χ3v) is 7.68. The van der Waals surface area contributed by atoms with Crippen LogP contribution >= 0.6 is 11.6 Å². The summed E-state index contributed by atoms with van der Waals surface area (Å²) in [6.45, 7) is 15.7. The summed E-state index contributed by atoms with van der Waals surface area (Å²) in [5.74, 6) is 0.894. The van der Waals surface area contributed by atoms with Gasteiger partial charge in [0.05, 0.1) is 29.9 Å². The van der Waals surface area contributed by atoms with Crippen LogP contribution in [0.25, 0.3) is 0 Å². The molecule has 4 rings (SSSR count). The second-order valence-corrected chi connectivity index (χ2v) is 12.8. The highest BCUT2D eigenvalue weighted by Crippen LogP contribution is 2.43. The molecule has 2 aliphatic heterocycles. The topological polar surface area (TPSA) is 84.4 Å². The Hall–Kier alpha value is -2.88. The highest BCUT2D eigenvalue weighted by Gasteiger charge is 2.41. The summed E-state index contributed by atoms with van der Waals surface area (Å²) in [5, 5.41) is 0.499. The molecule has 0 spiro atoms. The van der Waals surface area contributed by atoms with Gasteiger partial charge in [-0.05, 0) is 46.2 Å². The number of para-hydroxylation sites is 1. The predicted octanol–water partition coefficient (Wildman–Crippen LogP) is 5.42. The fraction of sp³-hybridized carbons (Fsp3) is 0.567. The first-order chi connectivity index (χ1) is 18.7. The zero-order valence-corrected chi connectivity index (χ0v) is 25.5. The van der Waals surface area contributed by atoms with Crippen molar-refractivity contribution in [3.05, 3.63) is 46.6 Å². The van der Waals surface area contributed by atoms with Crippen molar-refractivity contribution in [2.24, 2.45) is 0 Å². The lowest BCUT2D eigenvalue weighted by atomic mass is 9.88. The molecule has 2 aliphatic rings. The van der Waals surface area contributed by atoms with E-state index in [-0.39, 0.29) is 36.0 Å². The molecule has 218 valence electrons. The van der Waals surface area contributed by atoms with Gasteiger partial charge in [0.1, 0.15) is 5.60 Å². The van der Waals surface area contributed by atoms with Crippen LogP contribution in [0.4, 0.5) is 10.5 Å². The van der Waals surface area contributed by atoms with Gasteiger partial charge >= 0.3 is 6.09 Å². The van der Waals surface area contributed by atoms with Gasteiger partial charge in [-0.15, -0.1) is 0 Å². The summed E-state index contributed by atoms with van der Waals surface area (Å²) in [4.78, 5) is 36.9. The van der Waals surface area contributed by atoms with E-state index in [4.69, 9.17) is 25.8 Å². The minimum Gasteiger partial charge on any atom is -0.444 e. The number of pyridine rings is 1. The van der Waals surface area contributed by atoms with Gasteiger partial charge < -0.3 is 24.0 Å². The van der Waals surface area contributed by atoms with E-state index in [0.29, 0.717) is 42.9 Å². The SMILES string of the molecule is COC[C@H]1CN(C(=O)OC(C)(C)C)[C@H](C)CN1CC(=O)N1CC(C)(C)c2cnc(Oc3c(C)cccc3Cl)cc21. The van der Waals surface area contributed by atoms with E-state index in [1.54, 1.807) is 24.3 Å². The van der Waals surface area contributed by atoms with Crippen LogP contribution in [0.1, 0.15) is 52.7 Å². The Morgan fingerprint density at radius 2 is 1.93 bits per heavy atom. The van der Waals surface area contributed by atoms with Gasteiger partial charge in [0.25, 0.3) is 0 Å². The van der Waals surface area contributed by atoms with E-state index >= 15 is 0 Å². The predicted molar refractivity (Wildman–Crippen MR) is 156 cm³/mol. The molecule has 3 heterocycles. The summed E-state index contributed by atoms with van der Waals surface area (Å²) < 4.78 is 17.2. The number of nitrogens with zero attached hydrogens (tertiary/aromatic N) is 4. The number of aryl methyl sites for hydroxylation is 1. The number of carbonyl (C=O) groups excluding carboxylic acids is 2. The number of hydrogen-bond acceptors (Lipinski definition) is 7. The molecule has 40 heavy (non-hydrogen) atoms. The number of ether oxygens (including phenoxy) is 3.